The first-order valence-corrected chi connectivity index (χ1v) is 9.22. The summed E-state index contributed by atoms with van der Waals surface area (Å²) in [5, 5.41) is 3.25. The van der Waals surface area contributed by atoms with Crippen LogP contribution in [-0.4, -0.2) is 43.6 Å². The van der Waals surface area contributed by atoms with E-state index in [-0.39, 0.29) is 18.0 Å². The van der Waals surface area contributed by atoms with E-state index in [1.165, 1.54) is 43.3 Å². The zero-order valence-electron chi connectivity index (χ0n) is 15.4. The van der Waals surface area contributed by atoms with E-state index >= 15 is 0 Å². The van der Waals surface area contributed by atoms with Crippen molar-refractivity contribution < 1.29 is 14.3 Å². The number of carbonyl (C=O) groups is 2. The molecule has 1 aliphatic rings. The highest BCUT2D eigenvalue weighted by atomic mass is 16.5. The predicted molar refractivity (Wildman–Crippen MR) is 98.3 cm³/mol. The topological polar surface area (TPSA) is 58.6 Å². The van der Waals surface area contributed by atoms with Gasteiger partial charge >= 0.3 is 6.09 Å². The molecule has 1 N–H and O–H groups in total. The molecule has 0 aromatic heterocycles. The van der Waals surface area contributed by atoms with E-state index in [1.807, 2.05) is 18.2 Å². The Bertz CT molecular complexity index is 541. The van der Waals surface area contributed by atoms with E-state index in [2.05, 4.69) is 22.2 Å². The van der Waals surface area contributed by atoms with Crippen molar-refractivity contribution in [2.45, 2.75) is 51.0 Å². The van der Waals surface area contributed by atoms with Gasteiger partial charge in [-0.2, -0.15) is 0 Å². The molecule has 5 heteroatoms. The molecule has 0 saturated heterocycles. The average Bonchev–Trinajstić information content (AvgIpc) is 3.16. The van der Waals surface area contributed by atoms with Gasteiger partial charge in [-0.3, -0.25) is 4.79 Å². The van der Waals surface area contributed by atoms with Crippen LogP contribution in [0, 0.1) is 5.92 Å². The Labute approximate surface area is 150 Å². The fraction of sp³-hybridized carbons (Fsp3) is 0.600. The summed E-state index contributed by atoms with van der Waals surface area (Å²) in [6.45, 7) is 0.521. The number of methoxy groups -OCH3 is 1. The smallest absolute Gasteiger partial charge is 0.409 e. The molecule has 1 aliphatic carbocycles. The minimum atomic E-state index is -0.367. The standard InChI is InChI=1S/C20H30N2O3/c1-22(20(24)25-2)14-8-13-19(23)21-18(17-11-6-7-12-17)15-16-9-4-3-5-10-16/h3-5,9-10,17-18H,6-8,11-15H2,1-2H3,(H,21,23). The van der Waals surface area contributed by atoms with Crippen LogP contribution in [0.3, 0.4) is 0 Å². The molecule has 25 heavy (non-hydrogen) atoms. The maximum Gasteiger partial charge on any atom is 0.409 e. The number of carbonyl (C=O) groups excluding carboxylic acids is 2. The van der Waals surface area contributed by atoms with Gasteiger partial charge < -0.3 is 15.0 Å². The Hall–Kier alpha value is -2.04. The SMILES string of the molecule is COC(=O)N(C)CCCC(=O)NC(Cc1ccccc1)C1CCCC1. The maximum absolute atomic E-state index is 12.4. The Morgan fingerprint density at radius 1 is 1.24 bits per heavy atom. The van der Waals surface area contributed by atoms with Crippen LogP contribution >= 0.6 is 0 Å². The Morgan fingerprint density at radius 3 is 2.56 bits per heavy atom. The first-order valence-electron chi connectivity index (χ1n) is 9.22. The lowest BCUT2D eigenvalue weighted by atomic mass is 9.92. The van der Waals surface area contributed by atoms with Crippen LogP contribution in [0.5, 0.6) is 0 Å². The van der Waals surface area contributed by atoms with Gasteiger partial charge in [0.05, 0.1) is 7.11 Å². The molecular formula is C20H30N2O3. The molecule has 1 aromatic rings. The van der Waals surface area contributed by atoms with Crippen molar-refractivity contribution in [1.82, 2.24) is 10.2 Å². The van der Waals surface area contributed by atoms with Crippen LogP contribution in [0.1, 0.15) is 44.1 Å². The lowest BCUT2D eigenvalue weighted by molar-refractivity contribution is -0.122. The summed E-state index contributed by atoms with van der Waals surface area (Å²) in [4.78, 5) is 25.2. The van der Waals surface area contributed by atoms with Crippen molar-refractivity contribution in [2.24, 2.45) is 5.92 Å². The molecule has 0 heterocycles. The van der Waals surface area contributed by atoms with Gasteiger partial charge in [-0.05, 0) is 37.2 Å². The van der Waals surface area contributed by atoms with Crippen LogP contribution in [0.15, 0.2) is 30.3 Å². The summed E-state index contributed by atoms with van der Waals surface area (Å²) in [7, 11) is 3.04. The number of rotatable bonds is 8. The van der Waals surface area contributed by atoms with Gasteiger partial charge in [0.25, 0.3) is 0 Å². The maximum atomic E-state index is 12.4. The number of amides is 2. The molecule has 0 radical (unpaired) electrons. The first-order chi connectivity index (χ1) is 12.1. The van der Waals surface area contributed by atoms with Gasteiger partial charge in [-0.15, -0.1) is 0 Å². The summed E-state index contributed by atoms with van der Waals surface area (Å²) in [5.74, 6) is 0.646. The molecule has 2 rings (SSSR count). The van der Waals surface area contributed by atoms with Crippen LogP contribution in [0.2, 0.25) is 0 Å². The van der Waals surface area contributed by atoms with Gasteiger partial charge in [-0.25, -0.2) is 4.79 Å². The predicted octanol–water partition coefficient (Wildman–Crippen LogP) is 3.38. The molecule has 1 atom stereocenters. The molecule has 1 fully saturated rings. The summed E-state index contributed by atoms with van der Waals surface area (Å²) >= 11 is 0. The third-order valence-corrected chi connectivity index (χ3v) is 5.00. The molecule has 1 saturated carbocycles. The fourth-order valence-electron chi connectivity index (χ4n) is 3.57. The second kappa shape index (κ2) is 10.1. The van der Waals surface area contributed by atoms with Crippen molar-refractivity contribution >= 4 is 12.0 Å². The number of benzene rings is 1. The Kier molecular flexibility index (Phi) is 7.76. The highest BCUT2D eigenvalue weighted by Crippen LogP contribution is 2.29. The number of hydrogen-bond donors (Lipinski definition) is 1. The highest BCUT2D eigenvalue weighted by molar-refractivity contribution is 5.76. The zero-order chi connectivity index (χ0) is 18.1. The molecule has 5 nitrogen and oxygen atoms in total. The molecule has 138 valence electrons. The van der Waals surface area contributed by atoms with Gasteiger partial charge in [0, 0.05) is 26.1 Å². The van der Waals surface area contributed by atoms with Crippen LogP contribution in [0.25, 0.3) is 0 Å². The van der Waals surface area contributed by atoms with Crippen molar-refractivity contribution in [1.29, 1.82) is 0 Å². The number of hydrogen-bond acceptors (Lipinski definition) is 3. The van der Waals surface area contributed by atoms with Crippen molar-refractivity contribution in [3.8, 4) is 0 Å². The van der Waals surface area contributed by atoms with Crippen LogP contribution in [0.4, 0.5) is 4.79 Å². The van der Waals surface area contributed by atoms with Crippen molar-refractivity contribution in [2.75, 3.05) is 20.7 Å². The minimum absolute atomic E-state index is 0.0751. The van der Waals surface area contributed by atoms with E-state index < -0.39 is 0 Å². The van der Waals surface area contributed by atoms with Crippen LogP contribution < -0.4 is 5.32 Å². The molecular weight excluding hydrogens is 316 g/mol. The molecule has 0 spiro atoms. The number of ether oxygens (including phenoxy) is 1. The first kappa shape index (κ1) is 19.3. The Balaban J connectivity index is 1.83. The van der Waals surface area contributed by atoms with Gasteiger partial charge in [0.1, 0.15) is 0 Å². The summed E-state index contributed by atoms with van der Waals surface area (Å²) in [5.41, 5.74) is 1.27. The van der Waals surface area contributed by atoms with E-state index in [4.69, 9.17) is 0 Å². The van der Waals surface area contributed by atoms with Gasteiger partial charge in [0.15, 0.2) is 0 Å². The average molecular weight is 346 g/mol. The van der Waals surface area contributed by atoms with Crippen molar-refractivity contribution in [3.63, 3.8) is 0 Å². The normalized spacial score (nSPS) is 15.6. The lowest BCUT2D eigenvalue weighted by Crippen LogP contribution is -2.41. The second-order valence-corrected chi connectivity index (χ2v) is 6.90. The fourth-order valence-corrected chi connectivity index (χ4v) is 3.57. The van der Waals surface area contributed by atoms with E-state index in [0.29, 0.717) is 25.3 Å². The van der Waals surface area contributed by atoms with Crippen molar-refractivity contribution in [3.05, 3.63) is 35.9 Å². The van der Waals surface area contributed by atoms with Gasteiger partial charge in [-0.1, -0.05) is 43.2 Å². The monoisotopic (exact) mass is 346 g/mol. The number of nitrogens with zero attached hydrogens (tertiary/aromatic N) is 1. The molecule has 1 unspecified atom stereocenters. The van der Waals surface area contributed by atoms with E-state index in [0.717, 1.165) is 6.42 Å². The third-order valence-electron chi connectivity index (χ3n) is 5.00. The largest absolute Gasteiger partial charge is 0.453 e. The lowest BCUT2D eigenvalue weighted by Gasteiger charge is -2.25. The Morgan fingerprint density at radius 2 is 1.92 bits per heavy atom. The summed E-state index contributed by atoms with van der Waals surface area (Å²) < 4.78 is 4.65. The highest BCUT2D eigenvalue weighted by Gasteiger charge is 2.26. The molecule has 2 amide bonds. The summed E-state index contributed by atoms with van der Waals surface area (Å²) in [6.07, 6.45) is 6.50. The summed E-state index contributed by atoms with van der Waals surface area (Å²) in [6, 6.07) is 10.6. The third kappa shape index (κ3) is 6.40. The van der Waals surface area contributed by atoms with Gasteiger partial charge in [0.2, 0.25) is 5.91 Å². The molecule has 0 aliphatic heterocycles. The quantitative estimate of drug-likeness (QED) is 0.785. The zero-order valence-corrected chi connectivity index (χ0v) is 15.4. The molecule has 0 bridgehead atoms. The van der Waals surface area contributed by atoms with E-state index in [9.17, 15) is 9.59 Å². The molecule has 1 aromatic carbocycles. The van der Waals surface area contributed by atoms with Crippen LogP contribution in [-0.2, 0) is 16.0 Å². The second-order valence-electron chi connectivity index (χ2n) is 6.90. The van der Waals surface area contributed by atoms with E-state index in [1.54, 1.807) is 7.05 Å². The number of nitrogens with one attached hydrogen (secondary N) is 1. The minimum Gasteiger partial charge on any atom is -0.453 e.